The largest absolute Gasteiger partial charge is 0.489 e. The van der Waals surface area contributed by atoms with Gasteiger partial charge in [-0.1, -0.05) is 70.2 Å². The summed E-state index contributed by atoms with van der Waals surface area (Å²) in [5.41, 5.74) is 2.61. The second-order valence-corrected chi connectivity index (χ2v) is 14.2. The first-order valence-electron chi connectivity index (χ1n) is 12.7. The lowest BCUT2D eigenvalue weighted by atomic mass is 9.55. The van der Waals surface area contributed by atoms with Gasteiger partial charge < -0.3 is 14.3 Å². The second-order valence-electron chi connectivity index (χ2n) is 11.8. The fourth-order valence-corrected chi connectivity index (χ4v) is 7.91. The molecule has 0 radical (unpaired) electrons. The molecule has 0 heterocycles. The summed E-state index contributed by atoms with van der Waals surface area (Å²) in [7, 11) is -1.31. The molecule has 0 spiro atoms. The van der Waals surface area contributed by atoms with Crippen LogP contribution in [0.15, 0.2) is 54.6 Å². The van der Waals surface area contributed by atoms with Gasteiger partial charge in [0.2, 0.25) is 0 Å². The maximum absolute atomic E-state index is 11.7. The average Bonchev–Trinajstić information content (AvgIpc) is 3.12. The third-order valence-electron chi connectivity index (χ3n) is 8.33. The van der Waals surface area contributed by atoms with Crippen LogP contribution in [0.2, 0.25) is 13.1 Å². The van der Waals surface area contributed by atoms with Crippen molar-refractivity contribution >= 4 is 9.04 Å². The highest BCUT2D eigenvalue weighted by Gasteiger charge is 2.61. The van der Waals surface area contributed by atoms with E-state index in [-0.39, 0.29) is 22.9 Å². The predicted octanol–water partition coefficient (Wildman–Crippen LogP) is 6.56. The fraction of sp³-hybridized carbons (Fsp3) is 0.586. The van der Waals surface area contributed by atoms with Crippen LogP contribution >= 0.6 is 0 Å². The van der Waals surface area contributed by atoms with Crippen molar-refractivity contribution < 1.29 is 14.3 Å². The minimum Gasteiger partial charge on any atom is -0.489 e. The third kappa shape index (κ3) is 4.94. The summed E-state index contributed by atoms with van der Waals surface area (Å²) in [5, 5.41) is 11.7. The van der Waals surface area contributed by atoms with Gasteiger partial charge in [-0.15, -0.1) is 0 Å². The Hall–Kier alpha value is -1.62. The van der Waals surface area contributed by atoms with E-state index in [2.05, 4.69) is 77.2 Å². The number of benzene rings is 2. The molecule has 2 saturated carbocycles. The van der Waals surface area contributed by atoms with Gasteiger partial charge in [0, 0.05) is 11.3 Å². The SMILES string of the molecule is C[SiH](C)OC1[C@H](O)[C@H](c2ccc(OCc3ccccc3)cc2)C[C@@H]2CC[C@@H](C(C)(C)C)[C@@]12C. The minimum absolute atomic E-state index is 0.0319. The summed E-state index contributed by atoms with van der Waals surface area (Å²) in [6, 6.07) is 18.6. The van der Waals surface area contributed by atoms with Gasteiger partial charge in [0.15, 0.2) is 9.04 Å². The zero-order valence-electron chi connectivity index (χ0n) is 21.3. The molecule has 1 unspecified atom stereocenters. The molecule has 2 aromatic carbocycles. The van der Waals surface area contributed by atoms with E-state index in [9.17, 15) is 5.11 Å². The Balaban J connectivity index is 1.54. The summed E-state index contributed by atoms with van der Waals surface area (Å²) >= 11 is 0. The van der Waals surface area contributed by atoms with Gasteiger partial charge in [-0.25, -0.2) is 0 Å². The Morgan fingerprint density at radius 2 is 1.67 bits per heavy atom. The number of aliphatic hydroxyl groups excluding tert-OH is 1. The molecular weight excluding hydrogens is 424 g/mol. The number of ether oxygens (including phenoxy) is 1. The summed E-state index contributed by atoms with van der Waals surface area (Å²) in [4.78, 5) is 0. The number of hydrogen-bond donors (Lipinski definition) is 1. The normalized spacial score (nSPS) is 32.1. The van der Waals surface area contributed by atoms with E-state index in [4.69, 9.17) is 9.16 Å². The van der Waals surface area contributed by atoms with Gasteiger partial charge in [-0.3, -0.25) is 0 Å². The van der Waals surface area contributed by atoms with Gasteiger partial charge >= 0.3 is 0 Å². The maximum atomic E-state index is 11.7. The Morgan fingerprint density at radius 1 is 1.00 bits per heavy atom. The monoisotopic (exact) mass is 466 g/mol. The quantitative estimate of drug-likeness (QED) is 0.490. The maximum Gasteiger partial charge on any atom is 0.171 e. The Kier molecular flexibility index (Phi) is 7.09. The van der Waals surface area contributed by atoms with Crippen molar-refractivity contribution in [3.05, 3.63) is 65.7 Å². The molecule has 0 aliphatic heterocycles. The van der Waals surface area contributed by atoms with Crippen molar-refractivity contribution in [2.45, 2.75) is 84.8 Å². The van der Waals surface area contributed by atoms with Crippen molar-refractivity contribution in [1.82, 2.24) is 0 Å². The van der Waals surface area contributed by atoms with Crippen LogP contribution in [0.5, 0.6) is 5.75 Å². The van der Waals surface area contributed by atoms with Crippen LogP contribution in [0, 0.1) is 22.7 Å². The highest BCUT2D eigenvalue weighted by atomic mass is 28.3. The second kappa shape index (κ2) is 9.56. The van der Waals surface area contributed by atoms with Crippen molar-refractivity contribution in [2.24, 2.45) is 22.7 Å². The van der Waals surface area contributed by atoms with E-state index in [0.29, 0.717) is 18.4 Å². The number of fused-ring (bicyclic) bond motifs is 1. The lowest BCUT2D eigenvalue weighted by Crippen LogP contribution is -2.58. The molecule has 0 bridgehead atoms. The highest BCUT2D eigenvalue weighted by Crippen LogP contribution is 2.63. The first-order chi connectivity index (χ1) is 15.6. The molecule has 2 aliphatic rings. The number of rotatable bonds is 6. The van der Waals surface area contributed by atoms with Gasteiger partial charge in [0.1, 0.15) is 12.4 Å². The van der Waals surface area contributed by atoms with Crippen molar-refractivity contribution in [3.8, 4) is 5.75 Å². The number of aliphatic hydroxyl groups is 1. The molecule has 0 amide bonds. The highest BCUT2D eigenvalue weighted by molar-refractivity contribution is 6.48. The molecule has 0 saturated heterocycles. The molecule has 4 heteroatoms. The van der Waals surface area contributed by atoms with Crippen LogP contribution < -0.4 is 4.74 Å². The molecular formula is C29H42O3Si. The average molecular weight is 467 g/mol. The van der Waals surface area contributed by atoms with Crippen molar-refractivity contribution in [2.75, 3.05) is 0 Å². The smallest absolute Gasteiger partial charge is 0.171 e. The molecule has 4 rings (SSSR count). The summed E-state index contributed by atoms with van der Waals surface area (Å²) in [5.74, 6) is 2.13. The molecule has 3 nitrogen and oxygen atoms in total. The molecule has 33 heavy (non-hydrogen) atoms. The van der Waals surface area contributed by atoms with Crippen LogP contribution in [-0.2, 0) is 11.0 Å². The lowest BCUT2D eigenvalue weighted by molar-refractivity contribution is -0.136. The predicted molar refractivity (Wildman–Crippen MR) is 138 cm³/mol. The molecule has 2 aromatic rings. The van der Waals surface area contributed by atoms with Gasteiger partial charge in [-0.2, -0.15) is 0 Å². The lowest BCUT2D eigenvalue weighted by Gasteiger charge is -2.55. The van der Waals surface area contributed by atoms with E-state index in [1.807, 2.05) is 18.2 Å². The van der Waals surface area contributed by atoms with Crippen molar-refractivity contribution in [1.29, 1.82) is 0 Å². The molecule has 1 N–H and O–H groups in total. The Morgan fingerprint density at radius 3 is 2.27 bits per heavy atom. The summed E-state index contributed by atoms with van der Waals surface area (Å²) < 4.78 is 12.7. The zero-order chi connectivity index (χ0) is 23.8. The Labute approximate surface area is 202 Å². The first kappa shape index (κ1) is 24.5. The molecule has 6 atom stereocenters. The van der Waals surface area contributed by atoms with E-state index >= 15 is 0 Å². The van der Waals surface area contributed by atoms with Crippen LogP contribution in [0.3, 0.4) is 0 Å². The first-order valence-corrected chi connectivity index (χ1v) is 15.5. The van der Waals surface area contributed by atoms with Crippen molar-refractivity contribution in [3.63, 3.8) is 0 Å². The minimum atomic E-state index is -1.31. The van der Waals surface area contributed by atoms with Crippen LogP contribution in [0.1, 0.15) is 64.0 Å². The van der Waals surface area contributed by atoms with E-state index in [1.54, 1.807) is 0 Å². The summed E-state index contributed by atoms with van der Waals surface area (Å²) in [6.45, 7) is 14.5. The van der Waals surface area contributed by atoms with Crippen LogP contribution in [0.25, 0.3) is 0 Å². The molecule has 2 aliphatic carbocycles. The fourth-order valence-electron chi connectivity index (χ4n) is 6.87. The van der Waals surface area contributed by atoms with Gasteiger partial charge in [0.05, 0.1) is 12.2 Å². The van der Waals surface area contributed by atoms with Gasteiger partial charge in [-0.05, 0) is 72.9 Å². The summed E-state index contributed by atoms with van der Waals surface area (Å²) in [6.07, 6.45) is 2.94. The van der Waals surface area contributed by atoms with E-state index in [1.165, 1.54) is 18.4 Å². The molecule has 2 fully saturated rings. The van der Waals surface area contributed by atoms with Crippen LogP contribution in [-0.4, -0.2) is 26.4 Å². The van der Waals surface area contributed by atoms with E-state index in [0.717, 1.165) is 17.7 Å². The number of hydrogen-bond acceptors (Lipinski definition) is 3. The van der Waals surface area contributed by atoms with E-state index < -0.39 is 15.1 Å². The molecule has 0 aromatic heterocycles. The topological polar surface area (TPSA) is 38.7 Å². The zero-order valence-corrected chi connectivity index (χ0v) is 22.4. The Bertz CT molecular complexity index is 905. The van der Waals surface area contributed by atoms with Crippen LogP contribution in [0.4, 0.5) is 0 Å². The third-order valence-corrected chi connectivity index (χ3v) is 9.17. The molecule has 180 valence electrons. The van der Waals surface area contributed by atoms with Gasteiger partial charge in [0.25, 0.3) is 0 Å². The standard InChI is InChI=1S/C29H42O3Si/c1-28(2,3)25-17-14-22-18-24(26(30)27(29(22,25)4)32-33(5)6)21-12-15-23(16-13-21)31-19-20-10-8-7-9-11-20/h7-13,15-16,22,24-27,30,33H,14,17-19H2,1-6H3/t22-,24-,25-,26+,27?,29-/m0/s1.